The number of nitrogens with zero attached hydrogens (tertiary/aromatic N) is 2. The summed E-state index contributed by atoms with van der Waals surface area (Å²) < 4.78 is 4.58. The van der Waals surface area contributed by atoms with Gasteiger partial charge in [0, 0.05) is 20.4 Å². The van der Waals surface area contributed by atoms with Gasteiger partial charge in [-0.1, -0.05) is 0 Å². The van der Waals surface area contributed by atoms with Crippen LogP contribution < -0.4 is 5.32 Å². The van der Waals surface area contributed by atoms with Crippen LogP contribution in [-0.4, -0.2) is 25.7 Å². The van der Waals surface area contributed by atoms with E-state index in [0.29, 0.717) is 19.7 Å². The Hall–Kier alpha value is -1.59. The second kappa shape index (κ2) is 13.0. The quantitative estimate of drug-likeness (QED) is 0.382. The number of carbonyl (C=O) groups is 1. The van der Waals surface area contributed by atoms with E-state index in [1.54, 1.807) is 6.07 Å². The summed E-state index contributed by atoms with van der Waals surface area (Å²) in [5.74, 6) is -0.293. The molecule has 0 saturated carbocycles. The Morgan fingerprint density at radius 1 is 1.54 bits per heavy atom. The summed E-state index contributed by atoms with van der Waals surface area (Å²) in [6.45, 7) is 3.94. The minimum absolute atomic E-state index is 0.293. The third kappa shape index (κ3) is 25.2. The van der Waals surface area contributed by atoms with Crippen LogP contribution in [0.4, 0.5) is 0 Å². The van der Waals surface area contributed by atoms with Gasteiger partial charge in [0.2, 0.25) is 0 Å². The van der Waals surface area contributed by atoms with E-state index in [1.807, 2.05) is 6.07 Å². The molecule has 0 saturated heterocycles. The van der Waals surface area contributed by atoms with Crippen molar-refractivity contribution in [2.75, 3.05) is 19.7 Å². The molecule has 5 heteroatoms. The standard InChI is InChI=1S/C6H10N2O2.C2H3N/c1-6(9)10-5-4-8-3-2-7;1-2-3/h8H,3-5H2,1H3;1H3. The van der Waals surface area contributed by atoms with Crippen LogP contribution in [0.15, 0.2) is 0 Å². The smallest absolute Gasteiger partial charge is 0.302 e. The monoisotopic (exact) mass is 183 g/mol. The van der Waals surface area contributed by atoms with Gasteiger partial charge in [-0.05, 0) is 0 Å². The highest BCUT2D eigenvalue weighted by atomic mass is 16.5. The van der Waals surface area contributed by atoms with Crippen molar-refractivity contribution >= 4 is 5.97 Å². The van der Waals surface area contributed by atoms with E-state index in [9.17, 15) is 4.79 Å². The molecule has 0 aliphatic heterocycles. The summed E-state index contributed by atoms with van der Waals surface area (Å²) >= 11 is 0. The first-order chi connectivity index (χ1) is 6.18. The lowest BCUT2D eigenvalue weighted by Crippen LogP contribution is -2.20. The lowest BCUT2D eigenvalue weighted by molar-refractivity contribution is -0.140. The van der Waals surface area contributed by atoms with Gasteiger partial charge in [-0.15, -0.1) is 0 Å². The number of esters is 1. The van der Waals surface area contributed by atoms with Crippen LogP contribution in [0.25, 0.3) is 0 Å². The molecule has 0 radical (unpaired) electrons. The second-order valence-electron chi connectivity index (χ2n) is 1.90. The molecule has 0 rings (SSSR count). The highest BCUT2D eigenvalue weighted by molar-refractivity contribution is 5.65. The maximum atomic E-state index is 10.2. The number of rotatable bonds is 4. The molecule has 1 N–H and O–H groups in total. The topological polar surface area (TPSA) is 85.9 Å². The summed E-state index contributed by atoms with van der Waals surface area (Å²) in [5.41, 5.74) is 0. The number of carbonyl (C=O) groups excluding carboxylic acids is 1. The van der Waals surface area contributed by atoms with Crippen molar-refractivity contribution in [2.45, 2.75) is 13.8 Å². The van der Waals surface area contributed by atoms with Gasteiger partial charge in [-0.2, -0.15) is 10.5 Å². The van der Waals surface area contributed by atoms with Crippen LogP contribution in [0.3, 0.4) is 0 Å². The molecule has 0 bridgehead atoms. The summed E-state index contributed by atoms with van der Waals surface area (Å²) in [6.07, 6.45) is 0. The molecular formula is C8H13N3O2. The van der Waals surface area contributed by atoms with Gasteiger partial charge in [0.15, 0.2) is 0 Å². The largest absolute Gasteiger partial charge is 0.465 e. The average Bonchev–Trinajstić information content (AvgIpc) is 2.05. The maximum Gasteiger partial charge on any atom is 0.302 e. The third-order valence-electron chi connectivity index (χ3n) is 0.788. The fraction of sp³-hybridized carbons (Fsp3) is 0.625. The molecule has 0 heterocycles. The van der Waals surface area contributed by atoms with Gasteiger partial charge >= 0.3 is 5.97 Å². The van der Waals surface area contributed by atoms with Crippen molar-refractivity contribution in [1.29, 1.82) is 10.5 Å². The molecule has 5 nitrogen and oxygen atoms in total. The van der Waals surface area contributed by atoms with Crippen LogP contribution in [-0.2, 0) is 9.53 Å². The molecular weight excluding hydrogens is 170 g/mol. The van der Waals surface area contributed by atoms with Crippen molar-refractivity contribution in [2.24, 2.45) is 0 Å². The van der Waals surface area contributed by atoms with Gasteiger partial charge in [0.05, 0.1) is 18.7 Å². The summed E-state index contributed by atoms with van der Waals surface area (Å²) in [4.78, 5) is 10.2. The zero-order valence-electron chi connectivity index (χ0n) is 7.83. The molecule has 13 heavy (non-hydrogen) atoms. The lowest BCUT2D eigenvalue weighted by atomic mass is 10.6. The molecule has 0 spiro atoms. The number of nitrogens with one attached hydrogen (secondary N) is 1. The number of hydrogen-bond donors (Lipinski definition) is 1. The van der Waals surface area contributed by atoms with E-state index >= 15 is 0 Å². The van der Waals surface area contributed by atoms with Crippen LogP contribution in [0.1, 0.15) is 13.8 Å². The zero-order chi connectivity index (χ0) is 10.5. The van der Waals surface area contributed by atoms with Gasteiger partial charge < -0.3 is 10.1 Å². The Kier molecular flexibility index (Phi) is 14.0. The lowest BCUT2D eigenvalue weighted by Gasteiger charge is -1.99. The summed E-state index contributed by atoms with van der Waals surface area (Å²) in [5, 5.41) is 18.1. The average molecular weight is 183 g/mol. The minimum Gasteiger partial charge on any atom is -0.465 e. The van der Waals surface area contributed by atoms with Crippen molar-refractivity contribution < 1.29 is 9.53 Å². The second-order valence-corrected chi connectivity index (χ2v) is 1.90. The first-order valence-corrected chi connectivity index (χ1v) is 3.70. The van der Waals surface area contributed by atoms with Crippen molar-refractivity contribution in [1.82, 2.24) is 5.32 Å². The predicted octanol–water partition coefficient (Wildman–Crippen LogP) is 0.193. The Labute approximate surface area is 77.9 Å². The molecule has 0 aromatic carbocycles. The fourth-order valence-corrected chi connectivity index (χ4v) is 0.411. The SMILES string of the molecule is CC#N.CC(=O)OCCNCC#N. The Balaban J connectivity index is 0. The first-order valence-electron chi connectivity index (χ1n) is 3.70. The van der Waals surface area contributed by atoms with Crippen molar-refractivity contribution in [3.63, 3.8) is 0 Å². The van der Waals surface area contributed by atoms with Gasteiger partial charge in [0.1, 0.15) is 6.61 Å². The number of ether oxygens (including phenoxy) is 1. The highest BCUT2D eigenvalue weighted by Gasteiger charge is 1.89. The van der Waals surface area contributed by atoms with Crippen LogP contribution >= 0.6 is 0 Å². The van der Waals surface area contributed by atoms with Crippen LogP contribution in [0, 0.1) is 22.7 Å². The van der Waals surface area contributed by atoms with Gasteiger partial charge in [-0.25, -0.2) is 0 Å². The Morgan fingerprint density at radius 2 is 2.08 bits per heavy atom. The Bertz CT molecular complexity index is 202. The van der Waals surface area contributed by atoms with E-state index in [4.69, 9.17) is 10.5 Å². The normalized spacial score (nSPS) is 7.08. The molecule has 0 aromatic heterocycles. The van der Waals surface area contributed by atoms with E-state index in [0.717, 1.165) is 0 Å². The Morgan fingerprint density at radius 3 is 2.46 bits per heavy atom. The predicted molar refractivity (Wildman–Crippen MR) is 46.4 cm³/mol. The zero-order valence-corrected chi connectivity index (χ0v) is 7.83. The van der Waals surface area contributed by atoms with Gasteiger partial charge in [-0.3, -0.25) is 4.79 Å². The number of nitriles is 2. The van der Waals surface area contributed by atoms with Crippen LogP contribution in [0.2, 0.25) is 0 Å². The molecule has 0 aliphatic rings. The highest BCUT2D eigenvalue weighted by Crippen LogP contribution is 1.72. The van der Waals surface area contributed by atoms with E-state index in [-0.39, 0.29) is 5.97 Å². The summed E-state index contributed by atoms with van der Waals surface area (Å²) in [7, 11) is 0. The molecule has 0 unspecified atom stereocenters. The first kappa shape index (κ1) is 14.0. The van der Waals surface area contributed by atoms with E-state index in [1.165, 1.54) is 13.8 Å². The van der Waals surface area contributed by atoms with Crippen molar-refractivity contribution in [3.8, 4) is 12.1 Å². The molecule has 0 aromatic rings. The molecule has 0 amide bonds. The third-order valence-corrected chi connectivity index (χ3v) is 0.788. The van der Waals surface area contributed by atoms with E-state index in [2.05, 4.69) is 10.1 Å². The van der Waals surface area contributed by atoms with Crippen molar-refractivity contribution in [3.05, 3.63) is 0 Å². The fourth-order valence-electron chi connectivity index (χ4n) is 0.411. The summed E-state index contributed by atoms with van der Waals surface area (Å²) in [6, 6.07) is 3.65. The molecule has 0 fully saturated rings. The number of hydrogen-bond acceptors (Lipinski definition) is 5. The van der Waals surface area contributed by atoms with Gasteiger partial charge in [0.25, 0.3) is 0 Å². The molecule has 72 valence electrons. The molecule has 0 atom stereocenters. The van der Waals surface area contributed by atoms with E-state index < -0.39 is 0 Å². The van der Waals surface area contributed by atoms with Crippen LogP contribution in [0.5, 0.6) is 0 Å². The molecule has 0 aliphatic carbocycles. The minimum atomic E-state index is -0.293. The maximum absolute atomic E-state index is 10.2.